The molecule has 4 heteroatoms. The van der Waals surface area contributed by atoms with E-state index in [-0.39, 0.29) is 12.0 Å². The molecular weight excluding hydrogens is 336 g/mol. The molecule has 2 atom stereocenters. The second-order valence-electron chi connectivity index (χ2n) is 7.27. The molecule has 0 bridgehead atoms. The fraction of sp³-hybridized carbons (Fsp3) is 0.429. The third-order valence-corrected chi connectivity index (χ3v) is 5.16. The van der Waals surface area contributed by atoms with Crippen LogP contribution in [0.1, 0.15) is 31.4 Å². The summed E-state index contributed by atoms with van der Waals surface area (Å²) in [6.07, 6.45) is 10.6. The van der Waals surface area contributed by atoms with E-state index in [4.69, 9.17) is 25.8 Å². The molecule has 1 aliphatic heterocycles. The summed E-state index contributed by atoms with van der Waals surface area (Å²) in [6.45, 7) is 4.97. The minimum absolute atomic E-state index is 0.0176. The molecule has 0 N–H and O–H groups in total. The number of halogens is 1. The first-order chi connectivity index (χ1) is 12.0. The molecule has 4 rings (SSSR count). The predicted molar refractivity (Wildman–Crippen MR) is 99.3 cm³/mol. The van der Waals surface area contributed by atoms with Gasteiger partial charge in [0.15, 0.2) is 5.79 Å². The summed E-state index contributed by atoms with van der Waals surface area (Å²) >= 11 is 6.16. The van der Waals surface area contributed by atoms with Crippen molar-refractivity contribution in [3.05, 3.63) is 63.9 Å². The van der Waals surface area contributed by atoms with Gasteiger partial charge in [0.2, 0.25) is 0 Å². The molecule has 1 aromatic carbocycles. The fourth-order valence-electron chi connectivity index (χ4n) is 3.70. The average molecular weight is 359 g/mol. The van der Waals surface area contributed by atoms with Crippen molar-refractivity contribution in [3.8, 4) is 0 Å². The number of benzene rings is 1. The molecular formula is C21H23ClO3. The van der Waals surface area contributed by atoms with Crippen LogP contribution in [0.25, 0.3) is 6.08 Å². The van der Waals surface area contributed by atoms with Gasteiger partial charge < -0.3 is 14.2 Å². The zero-order chi connectivity index (χ0) is 17.4. The second-order valence-corrected chi connectivity index (χ2v) is 7.71. The van der Waals surface area contributed by atoms with E-state index in [0.29, 0.717) is 13.2 Å². The first-order valence-electron chi connectivity index (χ1n) is 8.83. The van der Waals surface area contributed by atoms with Gasteiger partial charge in [-0.25, -0.2) is 0 Å². The quantitative estimate of drug-likeness (QED) is 0.768. The summed E-state index contributed by atoms with van der Waals surface area (Å²) in [6, 6.07) is 6.13. The topological polar surface area (TPSA) is 27.7 Å². The van der Waals surface area contributed by atoms with Gasteiger partial charge in [-0.1, -0.05) is 35.9 Å². The molecule has 3 nitrogen and oxygen atoms in total. The third kappa shape index (κ3) is 3.69. The normalized spacial score (nSPS) is 27.0. The van der Waals surface area contributed by atoms with Gasteiger partial charge in [0.25, 0.3) is 0 Å². The van der Waals surface area contributed by atoms with Crippen molar-refractivity contribution in [2.75, 3.05) is 13.2 Å². The van der Waals surface area contributed by atoms with E-state index < -0.39 is 5.79 Å². The lowest BCUT2D eigenvalue weighted by Gasteiger charge is -2.25. The molecule has 132 valence electrons. The van der Waals surface area contributed by atoms with Crippen LogP contribution in [0.5, 0.6) is 0 Å². The molecule has 1 unspecified atom stereocenters. The van der Waals surface area contributed by atoms with E-state index in [1.54, 1.807) is 0 Å². The second kappa shape index (κ2) is 6.64. The van der Waals surface area contributed by atoms with Gasteiger partial charge in [0.05, 0.1) is 6.61 Å². The Morgan fingerprint density at radius 1 is 1.32 bits per heavy atom. The van der Waals surface area contributed by atoms with E-state index in [9.17, 15) is 0 Å². The van der Waals surface area contributed by atoms with Gasteiger partial charge in [-0.05, 0) is 61.6 Å². The van der Waals surface area contributed by atoms with Crippen LogP contribution in [0, 0.1) is 5.92 Å². The van der Waals surface area contributed by atoms with Crippen LogP contribution in [-0.4, -0.2) is 25.1 Å². The SMILES string of the molecule is CC1(C)OC[C@H](COC2=CC=CC3=Cc4ccc(Cl)cc4CCC32)O1. The minimum Gasteiger partial charge on any atom is -0.494 e. The number of aryl methyl sites for hydroxylation is 1. The van der Waals surface area contributed by atoms with E-state index in [2.05, 4.69) is 36.4 Å². The van der Waals surface area contributed by atoms with Crippen molar-refractivity contribution in [2.24, 2.45) is 5.92 Å². The van der Waals surface area contributed by atoms with Crippen LogP contribution in [0.4, 0.5) is 0 Å². The first-order valence-corrected chi connectivity index (χ1v) is 9.21. The lowest BCUT2D eigenvalue weighted by atomic mass is 9.89. The summed E-state index contributed by atoms with van der Waals surface area (Å²) in [7, 11) is 0. The third-order valence-electron chi connectivity index (χ3n) is 4.93. The predicted octanol–water partition coefficient (Wildman–Crippen LogP) is 4.91. The smallest absolute Gasteiger partial charge is 0.163 e. The van der Waals surface area contributed by atoms with Gasteiger partial charge in [-0.15, -0.1) is 0 Å². The van der Waals surface area contributed by atoms with Gasteiger partial charge in [0.1, 0.15) is 18.5 Å². The van der Waals surface area contributed by atoms with E-state index in [1.165, 1.54) is 16.7 Å². The molecule has 3 aliphatic rings. The summed E-state index contributed by atoms with van der Waals surface area (Å²) in [5.41, 5.74) is 3.85. The van der Waals surface area contributed by atoms with Crippen LogP contribution in [0.15, 0.2) is 47.8 Å². The Bertz CT molecular complexity index is 760. The largest absolute Gasteiger partial charge is 0.494 e. The fourth-order valence-corrected chi connectivity index (χ4v) is 3.90. The van der Waals surface area contributed by atoms with Gasteiger partial charge in [-0.2, -0.15) is 0 Å². The Morgan fingerprint density at radius 3 is 3.00 bits per heavy atom. The van der Waals surface area contributed by atoms with Crippen LogP contribution >= 0.6 is 11.6 Å². The highest BCUT2D eigenvalue weighted by Crippen LogP contribution is 2.36. The standard InChI is InChI=1S/C21H23ClO3/c1-21(2)24-13-18(25-21)12-23-20-5-3-4-16-10-14-6-8-17(22)11-15(14)7-9-19(16)20/h3-6,8,10-11,18-19H,7,9,12-13H2,1-2H3/t18-,19?/m0/s1. The summed E-state index contributed by atoms with van der Waals surface area (Å²) in [5, 5.41) is 0.797. The Hall–Kier alpha value is -1.55. The average Bonchev–Trinajstić information content (AvgIpc) is 2.82. The number of rotatable bonds is 3. The number of hydrogen-bond donors (Lipinski definition) is 0. The molecule has 1 aromatic rings. The molecule has 1 heterocycles. The molecule has 0 spiro atoms. The highest BCUT2D eigenvalue weighted by atomic mass is 35.5. The summed E-state index contributed by atoms with van der Waals surface area (Å²) < 4.78 is 17.6. The zero-order valence-corrected chi connectivity index (χ0v) is 15.4. The van der Waals surface area contributed by atoms with Crippen LogP contribution in [-0.2, 0) is 20.6 Å². The van der Waals surface area contributed by atoms with Crippen molar-refractivity contribution in [1.82, 2.24) is 0 Å². The van der Waals surface area contributed by atoms with Gasteiger partial charge in [0, 0.05) is 10.9 Å². The van der Waals surface area contributed by atoms with Crippen LogP contribution in [0.2, 0.25) is 5.02 Å². The highest BCUT2D eigenvalue weighted by molar-refractivity contribution is 6.30. The molecule has 0 aromatic heterocycles. The van der Waals surface area contributed by atoms with Crippen LogP contribution < -0.4 is 0 Å². The minimum atomic E-state index is -0.511. The Kier molecular flexibility index (Phi) is 4.48. The number of ether oxygens (including phenoxy) is 3. The van der Waals surface area contributed by atoms with Gasteiger partial charge in [-0.3, -0.25) is 0 Å². The Balaban J connectivity index is 1.48. The monoisotopic (exact) mass is 358 g/mol. The Morgan fingerprint density at radius 2 is 2.20 bits per heavy atom. The van der Waals surface area contributed by atoms with E-state index >= 15 is 0 Å². The molecule has 0 saturated carbocycles. The maximum atomic E-state index is 6.16. The zero-order valence-electron chi connectivity index (χ0n) is 14.6. The maximum absolute atomic E-state index is 6.16. The Labute approximate surface area is 153 Å². The number of fused-ring (bicyclic) bond motifs is 2. The van der Waals surface area contributed by atoms with Crippen molar-refractivity contribution >= 4 is 17.7 Å². The molecule has 1 fully saturated rings. The van der Waals surface area contributed by atoms with Crippen molar-refractivity contribution in [3.63, 3.8) is 0 Å². The first kappa shape index (κ1) is 16.9. The lowest BCUT2D eigenvalue weighted by Crippen LogP contribution is -2.25. The molecule has 2 aliphatic carbocycles. The van der Waals surface area contributed by atoms with Crippen molar-refractivity contribution in [1.29, 1.82) is 0 Å². The number of hydrogen-bond acceptors (Lipinski definition) is 3. The molecule has 1 saturated heterocycles. The molecule has 0 amide bonds. The molecule has 0 radical (unpaired) electrons. The van der Waals surface area contributed by atoms with E-state index in [0.717, 1.165) is 23.6 Å². The van der Waals surface area contributed by atoms with Gasteiger partial charge >= 0.3 is 0 Å². The summed E-state index contributed by atoms with van der Waals surface area (Å²) in [4.78, 5) is 0. The van der Waals surface area contributed by atoms with Crippen molar-refractivity contribution in [2.45, 2.75) is 38.6 Å². The summed E-state index contributed by atoms with van der Waals surface area (Å²) in [5.74, 6) is 0.788. The number of allylic oxidation sites excluding steroid dienone is 4. The van der Waals surface area contributed by atoms with E-state index in [1.807, 2.05) is 19.9 Å². The molecule has 25 heavy (non-hydrogen) atoms. The maximum Gasteiger partial charge on any atom is 0.163 e. The lowest BCUT2D eigenvalue weighted by molar-refractivity contribution is -0.143. The van der Waals surface area contributed by atoms with Crippen molar-refractivity contribution < 1.29 is 14.2 Å². The highest BCUT2D eigenvalue weighted by Gasteiger charge is 2.34. The van der Waals surface area contributed by atoms with Crippen LogP contribution in [0.3, 0.4) is 0 Å².